The lowest BCUT2D eigenvalue weighted by molar-refractivity contribution is 0.0926. The monoisotopic (exact) mass is 265 g/mol. The average molecular weight is 267 g/mol. The van der Waals surface area contributed by atoms with E-state index in [2.05, 4.69) is 21.2 Å². The van der Waals surface area contributed by atoms with Gasteiger partial charge >= 0.3 is 0 Å². The minimum Gasteiger partial charge on any atom is -0.440 e. The molecule has 0 spiro atoms. The van der Waals surface area contributed by atoms with Gasteiger partial charge in [0.25, 0.3) is 5.91 Å². The fourth-order valence-corrected chi connectivity index (χ4v) is 1.22. The second-order valence-corrected chi connectivity index (χ2v) is 3.57. The Morgan fingerprint density at radius 3 is 2.92 bits per heavy atom. The summed E-state index contributed by atoms with van der Waals surface area (Å²) in [5, 5.41) is 3.79. The number of rotatable bonds is 4. The quantitative estimate of drug-likeness (QED) is 0.672. The summed E-state index contributed by atoms with van der Waals surface area (Å²) in [6, 6.07) is 3.09. The van der Waals surface area contributed by atoms with Crippen LogP contribution >= 0.6 is 27.5 Å². The summed E-state index contributed by atoms with van der Waals surface area (Å²) in [5.74, 6) is 0.0208. The van der Waals surface area contributed by atoms with Crippen LogP contribution < -0.4 is 5.32 Å². The van der Waals surface area contributed by atoms with Gasteiger partial charge in [-0.3, -0.25) is 4.79 Å². The number of alkyl halides is 1. The van der Waals surface area contributed by atoms with E-state index in [1.165, 1.54) is 0 Å². The predicted molar refractivity (Wildman–Crippen MR) is 54.5 cm³/mol. The second kappa shape index (κ2) is 5.29. The minimum atomic E-state index is -0.229. The van der Waals surface area contributed by atoms with Crippen LogP contribution in [0.25, 0.3) is 0 Å². The highest BCUT2D eigenvalue weighted by Crippen LogP contribution is 2.12. The predicted octanol–water partition coefficient (Wildman–Crippen LogP) is 2.45. The van der Waals surface area contributed by atoms with E-state index in [4.69, 9.17) is 16.0 Å². The molecule has 1 amide bonds. The van der Waals surface area contributed by atoms with Crippen molar-refractivity contribution >= 4 is 33.4 Å². The number of hydrogen-bond acceptors (Lipinski definition) is 2. The van der Waals surface area contributed by atoms with Gasteiger partial charge in [0.15, 0.2) is 11.0 Å². The summed E-state index contributed by atoms with van der Waals surface area (Å²) in [7, 11) is 0. The maximum absolute atomic E-state index is 11.3. The third kappa shape index (κ3) is 3.40. The summed E-state index contributed by atoms with van der Waals surface area (Å²) in [6.07, 6.45) is 0.889. The van der Waals surface area contributed by atoms with E-state index >= 15 is 0 Å². The first-order chi connectivity index (χ1) is 6.24. The molecule has 1 N–H and O–H groups in total. The van der Waals surface area contributed by atoms with Gasteiger partial charge in [-0.05, 0) is 30.2 Å². The summed E-state index contributed by atoms with van der Waals surface area (Å²) in [6.45, 7) is 0.627. The molecule has 1 aromatic rings. The summed E-state index contributed by atoms with van der Waals surface area (Å²) >= 11 is 8.78. The first-order valence-corrected chi connectivity index (χ1v) is 5.33. The number of furan rings is 1. The van der Waals surface area contributed by atoms with Crippen molar-refractivity contribution in [2.24, 2.45) is 0 Å². The number of carbonyl (C=O) groups is 1. The van der Waals surface area contributed by atoms with E-state index in [0.29, 0.717) is 6.54 Å². The van der Waals surface area contributed by atoms with Crippen LogP contribution in [-0.4, -0.2) is 17.8 Å². The van der Waals surface area contributed by atoms with Gasteiger partial charge in [-0.15, -0.1) is 0 Å². The molecule has 0 aliphatic rings. The van der Waals surface area contributed by atoms with Crippen LogP contribution in [0.1, 0.15) is 17.0 Å². The van der Waals surface area contributed by atoms with Gasteiger partial charge < -0.3 is 9.73 Å². The highest BCUT2D eigenvalue weighted by molar-refractivity contribution is 9.09. The third-order valence-corrected chi connectivity index (χ3v) is 2.16. The van der Waals surface area contributed by atoms with Gasteiger partial charge in [-0.1, -0.05) is 15.9 Å². The van der Waals surface area contributed by atoms with Crippen LogP contribution in [0, 0.1) is 0 Å². The van der Waals surface area contributed by atoms with Gasteiger partial charge in [0.05, 0.1) is 0 Å². The molecule has 72 valence electrons. The van der Waals surface area contributed by atoms with E-state index in [1.54, 1.807) is 12.1 Å². The van der Waals surface area contributed by atoms with Gasteiger partial charge in [0, 0.05) is 11.9 Å². The number of halogens is 2. The molecule has 0 atom stereocenters. The molecule has 0 aliphatic heterocycles. The second-order valence-electron chi connectivity index (χ2n) is 2.40. The highest BCUT2D eigenvalue weighted by atomic mass is 79.9. The highest BCUT2D eigenvalue weighted by Gasteiger charge is 2.08. The van der Waals surface area contributed by atoms with Crippen molar-refractivity contribution < 1.29 is 9.21 Å². The fourth-order valence-electron chi connectivity index (χ4n) is 0.792. The largest absolute Gasteiger partial charge is 0.440 e. The Hall–Kier alpha value is -0.480. The van der Waals surface area contributed by atoms with Crippen molar-refractivity contribution in [3.63, 3.8) is 0 Å². The van der Waals surface area contributed by atoms with Crippen molar-refractivity contribution in [1.29, 1.82) is 0 Å². The molecule has 0 radical (unpaired) electrons. The fraction of sp³-hybridized carbons (Fsp3) is 0.375. The maximum Gasteiger partial charge on any atom is 0.287 e. The Morgan fingerprint density at radius 1 is 1.62 bits per heavy atom. The molecule has 0 bridgehead atoms. The number of carbonyl (C=O) groups excluding carboxylic acids is 1. The van der Waals surface area contributed by atoms with Crippen LogP contribution in [0.2, 0.25) is 5.22 Å². The Balaban J connectivity index is 2.40. The van der Waals surface area contributed by atoms with Crippen molar-refractivity contribution in [2.75, 3.05) is 11.9 Å². The lowest BCUT2D eigenvalue weighted by Crippen LogP contribution is -2.24. The molecular weight excluding hydrogens is 257 g/mol. The van der Waals surface area contributed by atoms with Crippen molar-refractivity contribution in [2.45, 2.75) is 6.42 Å². The van der Waals surface area contributed by atoms with Gasteiger partial charge in [-0.2, -0.15) is 0 Å². The Kier molecular flexibility index (Phi) is 4.32. The van der Waals surface area contributed by atoms with E-state index in [-0.39, 0.29) is 16.9 Å². The lowest BCUT2D eigenvalue weighted by atomic mass is 10.4. The SMILES string of the molecule is O=C(NCCCBr)c1ccc(Cl)o1. The molecule has 0 saturated heterocycles. The zero-order chi connectivity index (χ0) is 9.68. The van der Waals surface area contributed by atoms with Crippen molar-refractivity contribution in [3.05, 3.63) is 23.1 Å². The van der Waals surface area contributed by atoms with Gasteiger partial charge in [0.2, 0.25) is 0 Å². The molecule has 0 aliphatic carbocycles. The number of hydrogen-bond donors (Lipinski definition) is 1. The summed E-state index contributed by atoms with van der Waals surface area (Å²) < 4.78 is 4.92. The van der Waals surface area contributed by atoms with Crippen molar-refractivity contribution in [1.82, 2.24) is 5.32 Å². The van der Waals surface area contributed by atoms with Crippen LogP contribution in [0.5, 0.6) is 0 Å². The van der Waals surface area contributed by atoms with Crippen LogP contribution in [-0.2, 0) is 0 Å². The number of amides is 1. The zero-order valence-corrected chi connectivity index (χ0v) is 9.19. The lowest BCUT2D eigenvalue weighted by Gasteiger charge is -1.99. The van der Waals surface area contributed by atoms with E-state index in [1.807, 2.05) is 0 Å². The Morgan fingerprint density at radius 2 is 2.38 bits per heavy atom. The smallest absolute Gasteiger partial charge is 0.287 e. The molecule has 3 nitrogen and oxygen atoms in total. The standard InChI is InChI=1S/C8H9BrClNO2/c9-4-1-5-11-8(12)6-2-3-7(10)13-6/h2-3H,1,4-5H2,(H,11,12). The van der Waals surface area contributed by atoms with Gasteiger partial charge in [-0.25, -0.2) is 0 Å². The molecule has 0 fully saturated rings. The summed E-state index contributed by atoms with van der Waals surface area (Å²) in [5.41, 5.74) is 0. The molecule has 0 aromatic carbocycles. The Bertz CT molecular complexity index is 287. The average Bonchev–Trinajstić information content (AvgIpc) is 2.52. The maximum atomic E-state index is 11.3. The molecule has 13 heavy (non-hydrogen) atoms. The van der Waals surface area contributed by atoms with E-state index in [9.17, 15) is 4.79 Å². The van der Waals surface area contributed by atoms with E-state index in [0.717, 1.165) is 11.8 Å². The molecule has 1 heterocycles. The first-order valence-electron chi connectivity index (χ1n) is 3.83. The molecule has 5 heteroatoms. The topological polar surface area (TPSA) is 42.2 Å². The molecular formula is C8H9BrClNO2. The molecule has 1 rings (SSSR count). The molecule has 0 saturated carbocycles. The van der Waals surface area contributed by atoms with E-state index < -0.39 is 0 Å². The molecule has 1 aromatic heterocycles. The third-order valence-electron chi connectivity index (χ3n) is 1.39. The first kappa shape index (κ1) is 10.6. The molecule has 0 unspecified atom stereocenters. The van der Waals surface area contributed by atoms with Gasteiger partial charge in [0.1, 0.15) is 0 Å². The normalized spacial score (nSPS) is 10.0. The van der Waals surface area contributed by atoms with Crippen LogP contribution in [0.3, 0.4) is 0 Å². The van der Waals surface area contributed by atoms with Crippen LogP contribution in [0.15, 0.2) is 16.5 Å². The Labute approximate surface area is 89.6 Å². The zero-order valence-electron chi connectivity index (χ0n) is 6.85. The minimum absolute atomic E-state index is 0.227. The number of nitrogens with one attached hydrogen (secondary N) is 1. The van der Waals surface area contributed by atoms with Crippen molar-refractivity contribution in [3.8, 4) is 0 Å². The summed E-state index contributed by atoms with van der Waals surface area (Å²) in [4.78, 5) is 11.3. The van der Waals surface area contributed by atoms with Crippen LogP contribution in [0.4, 0.5) is 0 Å².